The number of fused-ring (bicyclic) bond motifs is 1. The van der Waals surface area contributed by atoms with Gasteiger partial charge in [-0.05, 0) is 18.2 Å². The topological polar surface area (TPSA) is 91.1 Å². The highest BCUT2D eigenvalue weighted by Gasteiger charge is 2.15. The molecular weight excluding hydrogens is 282 g/mol. The van der Waals surface area contributed by atoms with Crippen LogP contribution in [0.4, 0.5) is 0 Å². The predicted octanol–water partition coefficient (Wildman–Crippen LogP) is 1.84. The molecule has 0 saturated carbocycles. The number of rotatable bonds is 2. The van der Waals surface area contributed by atoms with Crippen molar-refractivity contribution >= 4 is 22.5 Å². The summed E-state index contributed by atoms with van der Waals surface area (Å²) < 4.78 is 1.83. The van der Waals surface area contributed by atoms with Crippen molar-refractivity contribution in [1.82, 2.24) is 14.5 Å². The lowest BCUT2D eigenvalue weighted by molar-refractivity contribution is 0.405. The maximum Gasteiger partial charge on any atom is 0.259 e. The summed E-state index contributed by atoms with van der Waals surface area (Å²) in [6, 6.07) is 4.85. The van der Waals surface area contributed by atoms with Gasteiger partial charge in [-0.15, -0.1) is 0 Å². The molecule has 0 atom stereocenters. The van der Waals surface area contributed by atoms with E-state index < -0.39 is 17.1 Å². The first-order chi connectivity index (χ1) is 9.56. The van der Waals surface area contributed by atoms with Crippen molar-refractivity contribution in [3.8, 4) is 11.5 Å². The molecule has 20 heavy (non-hydrogen) atoms. The third-order valence-electron chi connectivity index (χ3n) is 2.94. The third kappa shape index (κ3) is 2.00. The number of aromatic hydroxyl groups is 2. The van der Waals surface area contributed by atoms with Crippen LogP contribution in [0.15, 0.2) is 35.4 Å². The summed E-state index contributed by atoms with van der Waals surface area (Å²) in [7, 11) is 0. The minimum atomic E-state index is -0.482. The smallest absolute Gasteiger partial charge is 0.259 e. The Morgan fingerprint density at radius 1 is 1.30 bits per heavy atom. The second-order valence-electron chi connectivity index (χ2n) is 4.32. The Morgan fingerprint density at radius 3 is 2.70 bits per heavy atom. The van der Waals surface area contributed by atoms with Crippen LogP contribution in [0.2, 0.25) is 5.02 Å². The maximum atomic E-state index is 12.0. The van der Waals surface area contributed by atoms with Crippen molar-refractivity contribution in [2.45, 2.75) is 6.54 Å². The summed E-state index contributed by atoms with van der Waals surface area (Å²) in [5, 5.41) is 19.1. The normalized spacial score (nSPS) is 11.1. The first-order valence-electron chi connectivity index (χ1n) is 5.80. The standard InChI is InChI=1S/C13H10ClN3O3/c14-10-11-7(5-8(18)12(10)19)13(20)16-9(15-11)6-17-3-1-2-4-17/h1-5,18-19H,6H2,(H,15,16,20). The number of nitrogens with one attached hydrogen (secondary N) is 1. The molecule has 2 heterocycles. The molecular formula is C13H10ClN3O3. The molecule has 0 bridgehead atoms. The summed E-state index contributed by atoms with van der Waals surface area (Å²) in [6.07, 6.45) is 3.67. The first-order valence-corrected chi connectivity index (χ1v) is 6.18. The molecule has 6 nitrogen and oxygen atoms in total. The molecule has 0 aliphatic carbocycles. The lowest BCUT2D eigenvalue weighted by Crippen LogP contribution is -2.14. The number of hydrogen-bond acceptors (Lipinski definition) is 4. The van der Waals surface area contributed by atoms with Crippen molar-refractivity contribution in [3.05, 3.63) is 51.8 Å². The number of hydrogen-bond donors (Lipinski definition) is 3. The van der Waals surface area contributed by atoms with E-state index in [2.05, 4.69) is 9.97 Å². The molecule has 7 heteroatoms. The first kappa shape index (κ1) is 12.6. The van der Waals surface area contributed by atoms with Crippen molar-refractivity contribution in [3.63, 3.8) is 0 Å². The number of aromatic amines is 1. The molecule has 3 N–H and O–H groups in total. The average molecular weight is 292 g/mol. The van der Waals surface area contributed by atoms with Gasteiger partial charge < -0.3 is 19.8 Å². The Bertz CT molecular complexity index is 840. The molecule has 0 aliphatic rings. The predicted molar refractivity (Wildman–Crippen MR) is 74.2 cm³/mol. The number of benzene rings is 1. The van der Waals surface area contributed by atoms with Crippen molar-refractivity contribution < 1.29 is 10.2 Å². The van der Waals surface area contributed by atoms with Gasteiger partial charge in [0.25, 0.3) is 5.56 Å². The molecule has 3 aromatic rings. The molecule has 102 valence electrons. The van der Waals surface area contributed by atoms with Crippen molar-refractivity contribution in [2.24, 2.45) is 0 Å². The minimum Gasteiger partial charge on any atom is -0.504 e. The van der Waals surface area contributed by atoms with Gasteiger partial charge in [0.05, 0.1) is 11.9 Å². The van der Waals surface area contributed by atoms with E-state index >= 15 is 0 Å². The minimum absolute atomic E-state index is 0.126. The molecule has 0 saturated heterocycles. The Hall–Kier alpha value is -2.47. The van der Waals surface area contributed by atoms with E-state index in [4.69, 9.17) is 11.6 Å². The molecule has 0 unspecified atom stereocenters. The SMILES string of the molecule is O=c1[nH]c(Cn2cccc2)nc2c(Cl)c(O)c(O)cc12. The van der Waals surface area contributed by atoms with Gasteiger partial charge in [-0.2, -0.15) is 0 Å². The Labute approximate surface area is 117 Å². The van der Waals surface area contributed by atoms with E-state index in [0.717, 1.165) is 6.07 Å². The zero-order chi connectivity index (χ0) is 14.3. The highest BCUT2D eigenvalue weighted by molar-refractivity contribution is 6.36. The van der Waals surface area contributed by atoms with Crippen LogP contribution in [0.1, 0.15) is 5.82 Å². The molecule has 0 amide bonds. The Kier molecular flexibility index (Phi) is 2.87. The van der Waals surface area contributed by atoms with E-state index in [0.29, 0.717) is 12.4 Å². The number of nitrogens with zero attached hydrogens (tertiary/aromatic N) is 2. The van der Waals surface area contributed by atoms with Crippen LogP contribution in [-0.4, -0.2) is 24.7 Å². The van der Waals surface area contributed by atoms with Crippen molar-refractivity contribution in [1.29, 1.82) is 0 Å². The fourth-order valence-corrected chi connectivity index (χ4v) is 2.22. The van der Waals surface area contributed by atoms with Gasteiger partial charge >= 0.3 is 0 Å². The van der Waals surface area contributed by atoms with Gasteiger partial charge in [0.2, 0.25) is 0 Å². The number of phenolic OH excluding ortho intramolecular Hbond substituents is 2. The molecule has 0 spiro atoms. The molecule has 3 rings (SSSR count). The fraction of sp³-hybridized carbons (Fsp3) is 0.0769. The van der Waals surface area contributed by atoms with Gasteiger partial charge in [-0.25, -0.2) is 4.98 Å². The fourth-order valence-electron chi connectivity index (χ4n) is 1.98. The molecule has 2 aromatic heterocycles. The van der Waals surface area contributed by atoms with Crippen LogP contribution in [-0.2, 0) is 6.54 Å². The van der Waals surface area contributed by atoms with Crippen molar-refractivity contribution in [2.75, 3.05) is 0 Å². The van der Waals surface area contributed by atoms with E-state index in [9.17, 15) is 15.0 Å². The number of aromatic nitrogens is 3. The number of phenols is 2. The number of halogens is 1. The molecule has 0 radical (unpaired) electrons. The lowest BCUT2D eigenvalue weighted by Gasteiger charge is -2.07. The maximum absolute atomic E-state index is 12.0. The van der Waals surface area contributed by atoms with E-state index in [-0.39, 0.29) is 15.9 Å². The van der Waals surface area contributed by atoms with Gasteiger partial charge in [-0.1, -0.05) is 11.6 Å². The summed E-state index contributed by atoms with van der Waals surface area (Å²) in [5.74, 6) is -0.525. The van der Waals surface area contributed by atoms with E-state index in [1.165, 1.54) is 0 Å². The average Bonchev–Trinajstić information content (AvgIpc) is 2.91. The summed E-state index contributed by atoms with van der Waals surface area (Å²) in [4.78, 5) is 18.8. The van der Waals surface area contributed by atoms with Crippen LogP contribution in [0.5, 0.6) is 11.5 Å². The summed E-state index contributed by atoms with van der Waals surface area (Å²) in [5.41, 5.74) is -0.262. The second-order valence-corrected chi connectivity index (χ2v) is 4.70. The van der Waals surface area contributed by atoms with Crippen LogP contribution < -0.4 is 5.56 Å². The second kappa shape index (κ2) is 4.57. The van der Waals surface area contributed by atoms with Crippen LogP contribution in [0.3, 0.4) is 0 Å². The highest BCUT2D eigenvalue weighted by atomic mass is 35.5. The molecule has 0 fully saturated rings. The van der Waals surface area contributed by atoms with Gasteiger partial charge in [0.1, 0.15) is 16.4 Å². The quantitative estimate of drug-likeness (QED) is 0.628. The van der Waals surface area contributed by atoms with Gasteiger partial charge in [0.15, 0.2) is 11.5 Å². The molecule has 1 aromatic carbocycles. The highest BCUT2D eigenvalue weighted by Crippen LogP contribution is 2.37. The summed E-state index contributed by atoms with van der Waals surface area (Å²) >= 11 is 5.93. The van der Waals surface area contributed by atoms with E-state index in [1.807, 2.05) is 29.1 Å². The van der Waals surface area contributed by atoms with Crippen LogP contribution in [0, 0.1) is 0 Å². The van der Waals surface area contributed by atoms with Gasteiger partial charge in [-0.3, -0.25) is 4.79 Å². The third-order valence-corrected chi connectivity index (χ3v) is 3.30. The summed E-state index contributed by atoms with van der Waals surface area (Å²) in [6.45, 7) is 0.371. The van der Waals surface area contributed by atoms with Gasteiger partial charge in [0, 0.05) is 12.4 Å². The molecule has 0 aliphatic heterocycles. The largest absolute Gasteiger partial charge is 0.504 e. The lowest BCUT2D eigenvalue weighted by atomic mass is 10.2. The van der Waals surface area contributed by atoms with E-state index in [1.54, 1.807) is 0 Å². The Balaban J connectivity index is 2.20. The zero-order valence-corrected chi connectivity index (χ0v) is 10.9. The van der Waals surface area contributed by atoms with Crippen LogP contribution in [0.25, 0.3) is 10.9 Å². The monoisotopic (exact) mass is 291 g/mol. The zero-order valence-electron chi connectivity index (χ0n) is 10.2. The van der Waals surface area contributed by atoms with Crippen LogP contribution >= 0.6 is 11.6 Å². The Morgan fingerprint density at radius 2 is 2.00 bits per heavy atom. The number of H-pyrrole nitrogens is 1.